The minimum atomic E-state index is -0.932. The molecule has 0 aliphatic carbocycles. The lowest BCUT2D eigenvalue weighted by Gasteiger charge is -2.27. The van der Waals surface area contributed by atoms with E-state index in [9.17, 15) is 4.79 Å². The number of carboxylic acid groups (broad SMARTS) is 1. The predicted molar refractivity (Wildman–Crippen MR) is 39.9 cm³/mol. The Morgan fingerprint density at radius 3 is 2.55 bits per heavy atom. The van der Waals surface area contributed by atoms with Gasteiger partial charge in [-0.15, -0.1) is 0 Å². The number of piperidine rings is 1. The minimum absolute atomic E-state index is 0. The fraction of sp³-hybridized carbons (Fsp3) is 0.833. The van der Waals surface area contributed by atoms with Gasteiger partial charge in [0, 0.05) is 13.1 Å². The summed E-state index contributed by atoms with van der Waals surface area (Å²) in [4.78, 5) is 11.6. The predicted octanol–water partition coefficient (Wildman–Crippen LogP) is 0.283. The molecule has 11 heavy (non-hydrogen) atoms. The van der Waals surface area contributed by atoms with Crippen LogP contribution in [0.25, 0.3) is 0 Å². The van der Waals surface area contributed by atoms with E-state index in [1.54, 1.807) is 0 Å². The van der Waals surface area contributed by atoms with Crippen molar-refractivity contribution < 1.29 is 15.0 Å². The maximum Gasteiger partial charge on any atom is 0.407 e. The molecule has 66 valence electrons. The summed E-state index contributed by atoms with van der Waals surface area (Å²) < 4.78 is 0. The lowest BCUT2D eigenvalue weighted by atomic mass is 10.1. The van der Waals surface area contributed by atoms with Crippen molar-refractivity contribution in [2.75, 3.05) is 13.1 Å². The highest BCUT2D eigenvalue weighted by Crippen LogP contribution is 2.08. The zero-order valence-electron chi connectivity index (χ0n) is 6.36. The molecule has 0 radical (unpaired) electrons. The average Bonchev–Trinajstić information content (AvgIpc) is 1.88. The van der Waals surface area contributed by atoms with Crippen molar-refractivity contribution in [3.05, 3.63) is 0 Å². The van der Waals surface area contributed by atoms with E-state index in [4.69, 9.17) is 10.2 Å². The molecular formula is C6H14N2O3. The summed E-state index contributed by atoms with van der Waals surface area (Å²) in [5.41, 5.74) is 0. The number of carbonyl (C=O) groups is 1. The first-order valence-corrected chi connectivity index (χ1v) is 3.36. The molecule has 1 fully saturated rings. The molecular weight excluding hydrogens is 148 g/mol. The van der Waals surface area contributed by atoms with Crippen LogP contribution in [0, 0.1) is 0 Å². The molecule has 1 unspecified atom stereocenters. The largest absolute Gasteiger partial charge is 0.465 e. The highest BCUT2D eigenvalue weighted by Gasteiger charge is 2.20. The van der Waals surface area contributed by atoms with E-state index in [2.05, 4.69) is 0 Å². The van der Waals surface area contributed by atoms with Crippen LogP contribution in [0.15, 0.2) is 0 Å². The van der Waals surface area contributed by atoms with Gasteiger partial charge in [-0.2, -0.15) is 0 Å². The molecule has 0 aromatic rings. The topological polar surface area (TPSA) is 95.8 Å². The SMILES string of the molecule is N.O=C(O)N1CCCC(O)C1. The van der Waals surface area contributed by atoms with Crippen molar-refractivity contribution in [1.29, 1.82) is 0 Å². The van der Waals surface area contributed by atoms with Gasteiger partial charge in [0.2, 0.25) is 0 Å². The van der Waals surface area contributed by atoms with Crippen LogP contribution in [0.4, 0.5) is 4.79 Å². The van der Waals surface area contributed by atoms with E-state index in [-0.39, 0.29) is 12.7 Å². The third-order valence-electron chi connectivity index (χ3n) is 1.67. The molecule has 1 amide bonds. The van der Waals surface area contributed by atoms with Gasteiger partial charge in [0.05, 0.1) is 6.10 Å². The molecule has 0 saturated carbocycles. The van der Waals surface area contributed by atoms with Gasteiger partial charge in [-0.25, -0.2) is 4.79 Å². The highest BCUT2D eigenvalue weighted by molar-refractivity contribution is 5.65. The molecule has 1 saturated heterocycles. The molecule has 0 aromatic carbocycles. The Labute approximate surface area is 65.2 Å². The Morgan fingerprint density at radius 1 is 1.55 bits per heavy atom. The summed E-state index contributed by atoms with van der Waals surface area (Å²) in [5, 5.41) is 17.5. The summed E-state index contributed by atoms with van der Waals surface area (Å²) in [5.74, 6) is 0. The molecule has 1 aliphatic heterocycles. The summed E-state index contributed by atoms with van der Waals surface area (Å²) in [6.45, 7) is 0.835. The summed E-state index contributed by atoms with van der Waals surface area (Å²) >= 11 is 0. The maximum absolute atomic E-state index is 10.3. The Hall–Kier alpha value is -0.810. The number of aliphatic hydroxyl groups is 1. The zero-order chi connectivity index (χ0) is 7.56. The van der Waals surface area contributed by atoms with Gasteiger partial charge in [-0.3, -0.25) is 0 Å². The quantitative estimate of drug-likeness (QED) is 0.476. The zero-order valence-corrected chi connectivity index (χ0v) is 6.36. The van der Waals surface area contributed by atoms with Crippen LogP contribution in [0.3, 0.4) is 0 Å². The van der Waals surface area contributed by atoms with Gasteiger partial charge >= 0.3 is 6.09 Å². The van der Waals surface area contributed by atoms with Crippen LogP contribution in [-0.2, 0) is 0 Å². The summed E-state index contributed by atoms with van der Waals surface area (Å²) in [6, 6.07) is 0. The van der Waals surface area contributed by atoms with Crippen LogP contribution in [0.2, 0.25) is 0 Å². The lowest BCUT2D eigenvalue weighted by Crippen LogP contribution is -2.41. The van der Waals surface area contributed by atoms with Crippen LogP contribution >= 0.6 is 0 Å². The first kappa shape index (κ1) is 10.2. The normalized spacial score (nSPS) is 24.1. The molecule has 1 heterocycles. The molecule has 0 aromatic heterocycles. The van der Waals surface area contributed by atoms with Crippen LogP contribution in [-0.4, -0.2) is 40.4 Å². The third kappa shape index (κ3) is 2.73. The van der Waals surface area contributed by atoms with Crippen LogP contribution in [0.1, 0.15) is 12.8 Å². The van der Waals surface area contributed by atoms with Gasteiger partial charge in [0.1, 0.15) is 0 Å². The number of nitrogens with zero attached hydrogens (tertiary/aromatic N) is 1. The fourth-order valence-electron chi connectivity index (χ4n) is 1.13. The molecule has 1 rings (SSSR count). The molecule has 5 nitrogen and oxygen atoms in total. The van der Waals surface area contributed by atoms with E-state index < -0.39 is 12.2 Å². The van der Waals surface area contributed by atoms with E-state index in [0.29, 0.717) is 6.54 Å². The van der Waals surface area contributed by atoms with Gasteiger partial charge in [0.15, 0.2) is 0 Å². The minimum Gasteiger partial charge on any atom is -0.465 e. The number of likely N-dealkylation sites (tertiary alicyclic amines) is 1. The van der Waals surface area contributed by atoms with Gasteiger partial charge in [-0.1, -0.05) is 0 Å². The summed E-state index contributed by atoms with van der Waals surface area (Å²) in [7, 11) is 0. The van der Waals surface area contributed by atoms with Crippen LogP contribution < -0.4 is 6.15 Å². The number of aliphatic hydroxyl groups excluding tert-OH is 1. The Morgan fingerprint density at radius 2 is 2.18 bits per heavy atom. The number of hydrogen-bond donors (Lipinski definition) is 3. The van der Waals surface area contributed by atoms with E-state index in [1.807, 2.05) is 0 Å². The Balaban J connectivity index is 0.000001000. The number of β-amino-alcohol motifs (C(OH)–C–C–N with tert-alkyl or cyclic N) is 1. The van der Waals surface area contributed by atoms with Crippen molar-refractivity contribution in [2.24, 2.45) is 0 Å². The molecule has 5 N–H and O–H groups in total. The first-order chi connectivity index (χ1) is 4.70. The van der Waals surface area contributed by atoms with Crippen LogP contribution in [0.5, 0.6) is 0 Å². The number of rotatable bonds is 0. The number of hydrogen-bond acceptors (Lipinski definition) is 3. The second kappa shape index (κ2) is 4.15. The van der Waals surface area contributed by atoms with Gasteiger partial charge in [-0.05, 0) is 12.8 Å². The second-order valence-electron chi connectivity index (χ2n) is 2.52. The van der Waals surface area contributed by atoms with E-state index in [1.165, 1.54) is 4.90 Å². The van der Waals surface area contributed by atoms with Crippen molar-refractivity contribution in [3.8, 4) is 0 Å². The highest BCUT2D eigenvalue weighted by atomic mass is 16.4. The molecule has 0 spiro atoms. The van der Waals surface area contributed by atoms with Crippen molar-refractivity contribution in [2.45, 2.75) is 18.9 Å². The fourth-order valence-corrected chi connectivity index (χ4v) is 1.13. The van der Waals surface area contributed by atoms with Gasteiger partial charge in [0.25, 0.3) is 0 Å². The van der Waals surface area contributed by atoms with Crippen molar-refractivity contribution in [3.63, 3.8) is 0 Å². The lowest BCUT2D eigenvalue weighted by molar-refractivity contribution is 0.0660. The van der Waals surface area contributed by atoms with E-state index in [0.717, 1.165) is 12.8 Å². The molecule has 1 atom stereocenters. The van der Waals surface area contributed by atoms with Gasteiger partial charge < -0.3 is 21.3 Å². The van der Waals surface area contributed by atoms with Crippen molar-refractivity contribution >= 4 is 6.09 Å². The average molecular weight is 162 g/mol. The standard InChI is InChI=1S/C6H11NO3.H3N/c8-5-2-1-3-7(4-5)6(9)10;/h5,8H,1-4H2,(H,9,10);1H3. The monoisotopic (exact) mass is 162 g/mol. The molecule has 5 heteroatoms. The second-order valence-corrected chi connectivity index (χ2v) is 2.52. The maximum atomic E-state index is 10.3. The third-order valence-corrected chi connectivity index (χ3v) is 1.67. The Kier molecular flexibility index (Phi) is 3.84. The summed E-state index contributed by atoms with van der Waals surface area (Å²) in [6.07, 6.45) is 0.112. The number of amides is 1. The first-order valence-electron chi connectivity index (χ1n) is 3.36. The van der Waals surface area contributed by atoms with Crippen molar-refractivity contribution in [1.82, 2.24) is 11.1 Å². The van der Waals surface area contributed by atoms with E-state index >= 15 is 0 Å². The Bertz CT molecular complexity index is 140. The molecule has 1 aliphatic rings. The smallest absolute Gasteiger partial charge is 0.407 e. The molecule has 0 bridgehead atoms.